The van der Waals surface area contributed by atoms with Crippen LogP contribution >= 0.6 is 0 Å². The van der Waals surface area contributed by atoms with E-state index in [0.29, 0.717) is 12.1 Å². The molecule has 0 saturated heterocycles. The topological polar surface area (TPSA) is 87.1 Å². The first-order valence-electron chi connectivity index (χ1n) is 8.91. The van der Waals surface area contributed by atoms with Gasteiger partial charge in [-0.15, -0.1) is 0 Å². The molecule has 3 N–H and O–H groups in total. The average Bonchev–Trinajstić information content (AvgIpc) is 2.67. The maximum Gasteiger partial charge on any atom is 0.328 e. The minimum absolute atomic E-state index is 0.425. The second kappa shape index (κ2) is 8.58. The summed E-state index contributed by atoms with van der Waals surface area (Å²) in [6.07, 6.45) is 10.7. The van der Waals surface area contributed by atoms with Crippen molar-refractivity contribution in [3.8, 4) is 11.3 Å². The van der Waals surface area contributed by atoms with Crippen LogP contribution in [-0.2, 0) is 4.79 Å². The van der Waals surface area contributed by atoms with E-state index in [1.807, 2.05) is 31.3 Å². The molecule has 136 valence electrons. The third-order valence-corrected chi connectivity index (χ3v) is 4.72. The van der Waals surface area contributed by atoms with Gasteiger partial charge in [0.2, 0.25) is 0 Å². The first-order chi connectivity index (χ1) is 12.6. The van der Waals surface area contributed by atoms with Gasteiger partial charge in [0.05, 0.1) is 18.1 Å². The Labute approximate surface area is 153 Å². The summed E-state index contributed by atoms with van der Waals surface area (Å²) in [5, 5.41) is 15.6. The van der Waals surface area contributed by atoms with Crippen LogP contribution < -0.4 is 10.6 Å². The summed E-state index contributed by atoms with van der Waals surface area (Å²) >= 11 is 0. The summed E-state index contributed by atoms with van der Waals surface area (Å²) in [5.74, 6) is -0.184. The van der Waals surface area contributed by atoms with Crippen molar-refractivity contribution < 1.29 is 9.90 Å². The Morgan fingerprint density at radius 2 is 1.96 bits per heavy atom. The van der Waals surface area contributed by atoms with E-state index in [4.69, 9.17) is 5.11 Å². The first kappa shape index (κ1) is 18.1. The Morgan fingerprint density at radius 1 is 1.19 bits per heavy atom. The van der Waals surface area contributed by atoms with E-state index in [1.165, 1.54) is 12.8 Å². The molecule has 6 nitrogen and oxygen atoms in total. The van der Waals surface area contributed by atoms with Crippen LogP contribution in [-0.4, -0.2) is 40.2 Å². The molecule has 1 aliphatic carbocycles. The number of carboxylic acids is 1. The van der Waals surface area contributed by atoms with Crippen molar-refractivity contribution in [1.82, 2.24) is 15.3 Å². The number of carbonyl (C=O) groups is 1. The van der Waals surface area contributed by atoms with E-state index in [9.17, 15) is 4.79 Å². The van der Waals surface area contributed by atoms with Gasteiger partial charge < -0.3 is 15.7 Å². The molecule has 1 fully saturated rings. The third-order valence-electron chi connectivity index (χ3n) is 4.72. The summed E-state index contributed by atoms with van der Waals surface area (Å²) in [7, 11) is 2.02. The molecule has 0 radical (unpaired) electrons. The minimum atomic E-state index is -0.964. The second-order valence-electron chi connectivity index (χ2n) is 6.57. The lowest BCUT2D eigenvalue weighted by Crippen LogP contribution is -2.35. The van der Waals surface area contributed by atoms with Gasteiger partial charge in [0, 0.05) is 23.7 Å². The molecular formula is C20H24N4O2. The largest absolute Gasteiger partial charge is 0.478 e. The first-order valence-corrected chi connectivity index (χ1v) is 8.91. The van der Waals surface area contributed by atoms with Crippen molar-refractivity contribution in [3.63, 3.8) is 0 Å². The molecule has 2 aromatic rings. The van der Waals surface area contributed by atoms with E-state index in [2.05, 4.69) is 20.6 Å². The number of aliphatic carboxylic acids is 1. The van der Waals surface area contributed by atoms with E-state index >= 15 is 0 Å². The fourth-order valence-electron chi connectivity index (χ4n) is 3.28. The quantitative estimate of drug-likeness (QED) is 0.692. The lowest BCUT2D eigenvalue weighted by Gasteiger charge is -2.29. The summed E-state index contributed by atoms with van der Waals surface area (Å²) in [5.41, 5.74) is 2.49. The lowest BCUT2D eigenvalue weighted by atomic mass is 9.91. The second-order valence-corrected chi connectivity index (χ2v) is 6.57. The van der Waals surface area contributed by atoms with Crippen LogP contribution in [0, 0.1) is 0 Å². The fourth-order valence-corrected chi connectivity index (χ4v) is 3.28. The molecule has 1 aromatic carbocycles. The van der Waals surface area contributed by atoms with E-state index in [1.54, 1.807) is 18.5 Å². The van der Waals surface area contributed by atoms with E-state index < -0.39 is 5.97 Å². The SMILES string of the molecule is CN[C@H]1CC[C@H](Nc2cncc(-c3cccc(/C=C/C(=O)O)c3)n2)CC1. The number of aromatic nitrogens is 2. The number of hydrogen-bond donors (Lipinski definition) is 3. The van der Waals surface area contributed by atoms with Gasteiger partial charge in [0.1, 0.15) is 5.82 Å². The zero-order valence-electron chi connectivity index (χ0n) is 14.9. The van der Waals surface area contributed by atoms with Crippen molar-refractivity contribution in [2.45, 2.75) is 37.8 Å². The highest BCUT2D eigenvalue weighted by molar-refractivity contribution is 5.85. The Hall–Kier alpha value is -2.73. The molecule has 1 saturated carbocycles. The summed E-state index contributed by atoms with van der Waals surface area (Å²) in [6, 6.07) is 8.65. The number of hydrogen-bond acceptors (Lipinski definition) is 5. The predicted molar refractivity (Wildman–Crippen MR) is 103 cm³/mol. The number of benzene rings is 1. The summed E-state index contributed by atoms with van der Waals surface area (Å²) < 4.78 is 0. The lowest BCUT2D eigenvalue weighted by molar-refractivity contribution is -0.131. The molecular weight excluding hydrogens is 328 g/mol. The van der Waals surface area contributed by atoms with Crippen LogP contribution in [0.3, 0.4) is 0 Å². The molecule has 1 heterocycles. The van der Waals surface area contributed by atoms with Crippen molar-refractivity contribution in [1.29, 1.82) is 0 Å². The standard InChI is InChI=1S/C20H24N4O2/c1-21-16-6-8-17(9-7-16)23-19-13-22-12-18(24-19)15-4-2-3-14(11-15)5-10-20(25)26/h2-5,10-13,16-17,21H,6-9H2,1H3,(H,23,24)(H,25,26)/b10-5+/t16-,17-. The van der Waals surface area contributed by atoms with Crippen LogP contribution in [0.5, 0.6) is 0 Å². The number of carboxylic acid groups (broad SMARTS) is 1. The third kappa shape index (κ3) is 4.89. The van der Waals surface area contributed by atoms with Gasteiger partial charge in [-0.1, -0.05) is 18.2 Å². The Balaban J connectivity index is 1.71. The van der Waals surface area contributed by atoms with Crippen LogP contribution in [0.2, 0.25) is 0 Å². The van der Waals surface area contributed by atoms with Gasteiger partial charge in [-0.3, -0.25) is 4.98 Å². The van der Waals surface area contributed by atoms with E-state index in [0.717, 1.165) is 41.6 Å². The van der Waals surface area contributed by atoms with Crippen LogP contribution in [0.1, 0.15) is 31.2 Å². The van der Waals surface area contributed by atoms with Crippen molar-refractivity contribution >= 4 is 17.9 Å². The van der Waals surface area contributed by atoms with Crippen molar-refractivity contribution in [2.75, 3.05) is 12.4 Å². The molecule has 0 aliphatic heterocycles. The average molecular weight is 352 g/mol. The zero-order valence-corrected chi connectivity index (χ0v) is 14.9. The van der Waals surface area contributed by atoms with Gasteiger partial charge in [-0.25, -0.2) is 9.78 Å². The van der Waals surface area contributed by atoms with Gasteiger partial charge >= 0.3 is 5.97 Å². The number of nitrogens with zero attached hydrogens (tertiary/aromatic N) is 2. The maximum atomic E-state index is 10.7. The van der Waals surface area contributed by atoms with E-state index in [-0.39, 0.29) is 0 Å². The highest BCUT2D eigenvalue weighted by atomic mass is 16.4. The molecule has 0 spiro atoms. The Kier molecular flexibility index (Phi) is 5.96. The Morgan fingerprint density at radius 3 is 2.69 bits per heavy atom. The van der Waals surface area contributed by atoms with Crippen LogP contribution in [0.4, 0.5) is 5.82 Å². The minimum Gasteiger partial charge on any atom is -0.478 e. The molecule has 0 atom stereocenters. The normalized spacial score (nSPS) is 20.2. The number of nitrogens with one attached hydrogen (secondary N) is 2. The molecule has 26 heavy (non-hydrogen) atoms. The highest BCUT2D eigenvalue weighted by Crippen LogP contribution is 2.23. The van der Waals surface area contributed by atoms with Gasteiger partial charge in [-0.2, -0.15) is 0 Å². The molecule has 1 aromatic heterocycles. The van der Waals surface area contributed by atoms with Crippen LogP contribution in [0.25, 0.3) is 17.3 Å². The van der Waals surface area contributed by atoms with Crippen molar-refractivity contribution in [3.05, 3.63) is 48.3 Å². The maximum absolute atomic E-state index is 10.7. The summed E-state index contributed by atoms with van der Waals surface area (Å²) in [4.78, 5) is 19.7. The zero-order chi connectivity index (χ0) is 18.4. The molecule has 0 bridgehead atoms. The number of rotatable bonds is 6. The van der Waals surface area contributed by atoms with Gasteiger partial charge in [-0.05, 0) is 50.4 Å². The summed E-state index contributed by atoms with van der Waals surface area (Å²) in [6.45, 7) is 0. The molecule has 0 unspecified atom stereocenters. The fraction of sp³-hybridized carbons (Fsp3) is 0.350. The van der Waals surface area contributed by atoms with Gasteiger partial charge in [0.15, 0.2) is 0 Å². The molecule has 0 amide bonds. The molecule has 6 heteroatoms. The molecule has 1 aliphatic rings. The monoisotopic (exact) mass is 352 g/mol. The van der Waals surface area contributed by atoms with Gasteiger partial charge in [0.25, 0.3) is 0 Å². The van der Waals surface area contributed by atoms with Crippen molar-refractivity contribution in [2.24, 2.45) is 0 Å². The molecule has 3 rings (SSSR count). The number of anilines is 1. The smallest absolute Gasteiger partial charge is 0.328 e. The van der Waals surface area contributed by atoms with Crippen LogP contribution in [0.15, 0.2) is 42.7 Å². The Bertz CT molecular complexity index is 783. The predicted octanol–water partition coefficient (Wildman–Crippen LogP) is 3.18. The highest BCUT2D eigenvalue weighted by Gasteiger charge is 2.20.